The van der Waals surface area contributed by atoms with Crippen molar-refractivity contribution in [2.75, 3.05) is 20.1 Å². The third-order valence-electron chi connectivity index (χ3n) is 3.34. The standard InChI is InChI=1S/C12H22N4O4/c1-16-6-4-8(5-7-16)14-12(20)15-9(11(18)19)2-3-10(13)17/h8-9H,2-7H2,1H3,(H2,13,17)(H,18,19)(H2,14,15,20)/t9-/m1/s1. The van der Waals surface area contributed by atoms with Crippen LogP contribution in [0, 0.1) is 0 Å². The molecule has 0 spiro atoms. The minimum Gasteiger partial charge on any atom is -0.480 e. The van der Waals surface area contributed by atoms with E-state index in [0.29, 0.717) is 0 Å². The van der Waals surface area contributed by atoms with Gasteiger partial charge in [0.1, 0.15) is 6.04 Å². The molecule has 114 valence electrons. The van der Waals surface area contributed by atoms with Gasteiger partial charge in [0, 0.05) is 12.5 Å². The second-order valence-electron chi connectivity index (χ2n) is 5.09. The van der Waals surface area contributed by atoms with Crippen LogP contribution in [0.3, 0.4) is 0 Å². The van der Waals surface area contributed by atoms with Crippen LogP contribution in [0.4, 0.5) is 4.79 Å². The molecule has 20 heavy (non-hydrogen) atoms. The molecular weight excluding hydrogens is 264 g/mol. The summed E-state index contributed by atoms with van der Waals surface area (Å²) >= 11 is 0. The van der Waals surface area contributed by atoms with Crippen LogP contribution in [0.5, 0.6) is 0 Å². The van der Waals surface area contributed by atoms with E-state index in [1.54, 1.807) is 0 Å². The summed E-state index contributed by atoms with van der Waals surface area (Å²) in [4.78, 5) is 35.5. The molecule has 0 aromatic rings. The van der Waals surface area contributed by atoms with E-state index in [-0.39, 0.29) is 18.9 Å². The molecular formula is C12H22N4O4. The largest absolute Gasteiger partial charge is 0.480 e. The minimum absolute atomic E-state index is 0.00844. The minimum atomic E-state index is -1.18. The molecule has 1 aliphatic rings. The van der Waals surface area contributed by atoms with Crippen molar-refractivity contribution in [1.29, 1.82) is 0 Å². The number of amides is 3. The number of rotatable bonds is 6. The number of aliphatic carboxylic acids is 1. The molecule has 0 radical (unpaired) electrons. The van der Waals surface area contributed by atoms with Crippen LogP contribution in [-0.4, -0.2) is 60.1 Å². The van der Waals surface area contributed by atoms with Gasteiger partial charge in [-0.25, -0.2) is 9.59 Å². The molecule has 1 fully saturated rings. The topological polar surface area (TPSA) is 125 Å². The Morgan fingerprint density at radius 2 is 1.95 bits per heavy atom. The third-order valence-corrected chi connectivity index (χ3v) is 3.34. The highest BCUT2D eigenvalue weighted by Gasteiger charge is 2.23. The summed E-state index contributed by atoms with van der Waals surface area (Å²) in [7, 11) is 2.01. The number of hydrogen-bond donors (Lipinski definition) is 4. The Hall–Kier alpha value is -1.83. The lowest BCUT2D eigenvalue weighted by atomic mass is 10.1. The second kappa shape index (κ2) is 7.68. The second-order valence-corrected chi connectivity index (χ2v) is 5.09. The van der Waals surface area contributed by atoms with Crippen molar-refractivity contribution in [1.82, 2.24) is 15.5 Å². The number of carboxylic acids is 1. The molecule has 0 aliphatic carbocycles. The number of nitrogens with zero attached hydrogens (tertiary/aromatic N) is 1. The Kier molecular flexibility index (Phi) is 6.23. The van der Waals surface area contributed by atoms with Gasteiger partial charge in [0.15, 0.2) is 0 Å². The highest BCUT2D eigenvalue weighted by atomic mass is 16.4. The van der Waals surface area contributed by atoms with Gasteiger partial charge in [-0.3, -0.25) is 4.79 Å². The summed E-state index contributed by atoms with van der Waals surface area (Å²) in [6.45, 7) is 1.80. The number of likely N-dealkylation sites (tertiary alicyclic amines) is 1. The fourth-order valence-electron chi connectivity index (χ4n) is 2.08. The number of carboxylic acid groups (broad SMARTS) is 1. The normalized spacial score (nSPS) is 18.2. The maximum atomic E-state index is 11.7. The number of urea groups is 1. The smallest absolute Gasteiger partial charge is 0.326 e. The van der Waals surface area contributed by atoms with E-state index in [1.807, 2.05) is 7.05 Å². The maximum absolute atomic E-state index is 11.7. The fraction of sp³-hybridized carbons (Fsp3) is 0.750. The van der Waals surface area contributed by atoms with Crippen molar-refractivity contribution in [3.05, 3.63) is 0 Å². The number of carbonyl (C=O) groups excluding carboxylic acids is 2. The average Bonchev–Trinajstić information content (AvgIpc) is 2.36. The van der Waals surface area contributed by atoms with E-state index in [1.165, 1.54) is 0 Å². The van der Waals surface area contributed by atoms with Crippen LogP contribution < -0.4 is 16.4 Å². The Morgan fingerprint density at radius 3 is 2.45 bits per heavy atom. The van der Waals surface area contributed by atoms with E-state index in [0.717, 1.165) is 25.9 Å². The number of piperidine rings is 1. The molecule has 1 saturated heterocycles. The molecule has 3 amide bonds. The van der Waals surface area contributed by atoms with Gasteiger partial charge >= 0.3 is 12.0 Å². The van der Waals surface area contributed by atoms with Crippen LogP contribution in [0.15, 0.2) is 0 Å². The number of hydrogen-bond acceptors (Lipinski definition) is 4. The summed E-state index contributed by atoms with van der Waals surface area (Å²) < 4.78 is 0. The van der Waals surface area contributed by atoms with E-state index in [9.17, 15) is 14.4 Å². The zero-order valence-electron chi connectivity index (χ0n) is 11.6. The molecule has 0 saturated carbocycles. The van der Waals surface area contributed by atoms with Gasteiger partial charge in [-0.15, -0.1) is 0 Å². The molecule has 5 N–H and O–H groups in total. The van der Waals surface area contributed by atoms with Crippen molar-refractivity contribution in [3.8, 4) is 0 Å². The first-order valence-electron chi connectivity index (χ1n) is 6.65. The van der Waals surface area contributed by atoms with Gasteiger partial charge in [-0.2, -0.15) is 0 Å². The molecule has 8 nitrogen and oxygen atoms in total. The number of nitrogens with one attached hydrogen (secondary N) is 2. The maximum Gasteiger partial charge on any atom is 0.326 e. The first-order chi connectivity index (χ1) is 9.38. The summed E-state index contributed by atoms with van der Waals surface area (Å²) in [5.41, 5.74) is 4.97. The van der Waals surface area contributed by atoms with Crippen LogP contribution in [-0.2, 0) is 9.59 Å². The van der Waals surface area contributed by atoms with Crippen LogP contribution >= 0.6 is 0 Å². The fourth-order valence-corrected chi connectivity index (χ4v) is 2.08. The molecule has 1 heterocycles. The van der Waals surface area contributed by atoms with Crippen molar-refractivity contribution in [3.63, 3.8) is 0 Å². The highest BCUT2D eigenvalue weighted by molar-refractivity contribution is 5.83. The predicted octanol–water partition coefficient (Wildman–Crippen LogP) is -0.901. The van der Waals surface area contributed by atoms with Gasteiger partial charge in [-0.05, 0) is 39.4 Å². The van der Waals surface area contributed by atoms with E-state index >= 15 is 0 Å². The SMILES string of the molecule is CN1CCC(NC(=O)N[C@H](CCC(N)=O)C(=O)O)CC1. The average molecular weight is 286 g/mol. The summed E-state index contributed by atoms with van der Waals surface area (Å²) in [5, 5.41) is 14.1. The molecule has 0 bridgehead atoms. The zero-order chi connectivity index (χ0) is 15.1. The first kappa shape index (κ1) is 16.2. The Balaban J connectivity index is 2.37. The van der Waals surface area contributed by atoms with Gasteiger partial charge in [0.2, 0.25) is 5.91 Å². The lowest BCUT2D eigenvalue weighted by molar-refractivity contribution is -0.139. The van der Waals surface area contributed by atoms with Crippen LogP contribution in [0.1, 0.15) is 25.7 Å². The molecule has 0 aromatic carbocycles. The molecule has 1 aliphatic heterocycles. The van der Waals surface area contributed by atoms with Gasteiger partial charge in [-0.1, -0.05) is 0 Å². The first-order valence-corrected chi connectivity index (χ1v) is 6.65. The molecule has 0 aromatic heterocycles. The lowest BCUT2D eigenvalue weighted by Crippen LogP contribution is -2.51. The van der Waals surface area contributed by atoms with Gasteiger partial charge in [0.25, 0.3) is 0 Å². The van der Waals surface area contributed by atoms with Gasteiger partial charge < -0.3 is 26.4 Å². The summed E-state index contributed by atoms with van der Waals surface area (Å²) in [5.74, 6) is -1.77. The number of nitrogens with two attached hydrogens (primary N) is 1. The number of primary amides is 1. The van der Waals surface area contributed by atoms with Crippen molar-refractivity contribution in [2.45, 2.75) is 37.8 Å². The summed E-state index contributed by atoms with van der Waals surface area (Å²) in [6.07, 6.45) is 1.59. The third kappa shape index (κ3) is 5.87. The number of carbonyl (C=O) groups is 3. The summed E-state index contributed by atoms with van der Waals surface area (Å²) in [6, 6.07) is -1.57. The molecule has 1 rings (SSSR count). The van der Waals surface area contributed by atoms with Crippen LogP contribution in [0.2, 0.25) is 0 Å². The quantitative estimate of drug-likeness (QED) is 0.503. The van der Waals surface area contributed by atoms with Crippen molar-refractivity contribution < 1.29 is 19.5 Å². The van der Waals surface area contributed by atoms with E-state index in [2.05, 4.69) is 15.5 Å². The molecule has 0 unspecified atom stereocenters. The monoisotopic (exact) mass is 286 g/mol. The Morgan fingerprint density at radius 1 is 1.35 bits per heavy atom. The Bertz CT molecular complexity index is 366. The lowest BCUT2D eigenvalue weighted by Gasteiger charge is -2.29. The molecule has 8 heteroatoms. The zero-order valence-corrected chi connectivity index (χ0v) is 11.6. The predicted molar refractivity (Wildman–Crippen MR) is 72.0 cm³/mol. The van der Waals surface area contributed by atoms with E-state index < -0.39 is 23.9 Å². The van der Waals surface area contributed by atoms with Crippen molar-refractivity contribution in [2.24, 2.45) is 5.73 Å². The Labute approximate surface area is 117 Å². The van der Waals surface area contributed by atoms with Gasteiger partial charge in [0.05, 0.1) is 0 Å². The van der Waals surface area contributed by atoms with E-state index in [4.69, 9.17) is 10.8 Å². The van der Waals surface area contributed by atoms with Crippen LogP contribution in [0.25, 0.3) is 0 Å². The molecule has 1 atom stereocenters. The van der Waals surface area contributed by atoms with Crippen molar-refractivity contribution >= 4 is 17.9 Å². The highest BCUT2D eigenvalue weighted by Crippen LogP contribution is 2.08.